The zero-order valence-electron chi connectivity index (χ0n) is 12.8. The number of ether oxygens (including phenoxy) is 1. The SMILES string of the molecule is CCOC(=O)[C@H](C)Nc1ccc(F)c(NC(=O)c2ccsc2)c1. The van der Waals surface area contributed by atoms with Crippen LogP contribution >= 0.6 is 11.3 Å². The highest BCUT2D eigenvalue weighted by atomic mass is 32.1. The third-order valence-corrected chi connectivity index (χ3v) is 3.70. The zero-order valence-corrected chi connectivity index (χ0v) is 13.6. The molecular formula is C16H17FN2O3S. The van der Waals surface area contributed by atoms with Crippen LogP contribution in [-0.4, -0.2) is 24.5 Å². The summed E-state index contributed by atoms with van der Waals surface area (Å²) in [5.74, 6) is -1.34. The first-order valence-corrected chi connectivity index (χ1v) is 8.01. The van der Waals surface area contributed by atoms with Crippen LogP contribution in [0, 0.1) is 5.82 Å². The number of carbonyl (C=O) groups excluding carboxylic acids is 2. The van der Waals surface area contributed by atoms with Gasteiger partial charge < -0.3 is 15.4 Å². The van der Waals surface area contributed by atoms with E-state index in [1.54, 1.807) is 30.7 Å². The van der Waals surface area contributed by atoms with E-state index in [1.165, 1.54) is 29.5 Å². The Morgan fingerprint density at radius 3 is 2.78 bits per heavy atom. The minimum atomic E-state index is -0.583. The molecule has 2 N–H and O–H groups in total. The maximum Gasteiger partial charge on any atom is 0.328 e. The predicted octanol–water partition coefficient (Wildman–Crippen LogP) is 3.50. The van der Waals surface area contributed by atoms with E-state index < -0.39 is 17.8 Å². The Bertz CT molecular complexity index is 689. The van der Waals surface area contributed by atoms with Crippen molar-refractivity contribution in [3.63, 3.8) is 0 Å². The minimum absolute atomic E-state index is 0.0438. The normalized spacial score (nSPS) is 11.6. The molecule has 7 heteroatoms. The molecule has 0 aliphatic rings. The molecule has 1 atom stereocenters. The number of anilines is 2. The molecule has 0 unspecified atom stereocenters. The fourth-order valence-electron chi connectivity index (χ4n) is 1.88. The summed E-state index contributed by atoms with van der Waals surface area (Å²) in [6.07, 6.45) is 0. The van der Waals surface area contributed by atoms with Gasteiger partial charge in [-0.25, -0.2) is 9.18 Å². The summed E-state index contributed by atoms with van der Waals surface area (Å²) >= 11 is 1.38. The molecule has 0 aliphatic carbocycles. The number of carbonyl (C=O) groups is 2. The van der Waals surface area contributed by atoms with E-state index >= 15 is 0 Å². The van der Waals surface area contributed by atoms with E-state index in [0.717, 1.165) is 0 Å². The van der Waals surface area contributed by atoms with Gasteiger partial charge in [0, 0.05) is 11.1 Å². The molecular weight excluding hydrogens is 319 g/mol. The van der Waals surface area contributed by atoms with Crippen molar-refractivity contribution in [2.75, 3.05) is 17.2 Å². The second kappa shape index (κ2) is 7.73. The number of rotatable bonds is 6. The van der Waals surface area contributed by atoms with Gasteiger partial charge in [0.2, 0.25) is 0 Å². The largest absolute Gasteiger partial charge is 0.464 e. The Hall–Kier alpha value is -2.41. The number of hydrogen-bond acceptors (Lipinski definition) is 5. The van der Waals surface area contributed by atoms with Gasteiger partial charge in [0.25, 0.3) is 5.91 Å². The molecule has 1 aromatic heterocycles. The molecule has 0 saturated carbocycles. The van der Waals surface area contributed by atoms with Crippen molar-refractivity contribution in [3.05, 3.63) is 46.4 Å². The molecule has 0 spiro atoms. The molecule has 2 aromatic rings. The molecule has 0 radical (unpaired) electrons. The highest BCUT2D eigenvalue weighted by Crippen LogP contribution is 2.21. The van der Waals surface area contributed by atoms with Gasteiger partial charge in [0.05, 0.1) is 17.9 Å². The highest BCUT2D eigenvalue weighted by Gasteiger charge is 2.15. The average molecular weight is 336 g/mol. The van der Waals surface area contributed by atoms with Crippen LogP contribution < -0.4 is 10.6 Å². The zero-order chi connectivity index (χ0) is 16.8. The summed E-state index contributed by atoms with van der Waals surface area (Å²) in [4.78, 5) is 23.6. The predicted molar refractivity (Wildman–Crippen MR) is 88.4 cm³/mol. The smallest absolute Gasteiger partial charge is 0.328 e. The quantitative estimate of drug-likeness (QED) is 0.792. The fourth-order valence-corrected chi connectivity index (χ4v) is 2.51. The van der Waals surface area contributed by atoms with Gasteiger partial charge in [0.1, 0.15) is 11.9 Å². The number of esters is 1. The number of benzene rings is 1. The first-order valence-electron chi connectivity index (χ1n) is 7.07. The molecule has 0 saturated heterocycles. The summed E-state index contributed by atoms with van der Waals surface area (Å²) < 4.78 is 18.8. The van der Waals surface area contributed by atoms with Crippen molar-refractivity contribution in [2.24, 2.45) is 0 Å². The summed E-state index contributed by atoms with van der Waals surface area (Å²) in [7, 11) is 0. The Balaban J connectivity index is 2.09. The van der Waals surface area contributed by atoms with E-state index in [9.17, 15) is 14.0 Å². The fraction of sp³-hybridized carbons (Fsp3) is 0.250. The molecule has 0 bridgehead atoms. The lowest BCUT2D eigenvalue weighted by Gasteiger charge is -2.15. The lowest BCUT2D eigenvalue weighted by atomic mass is 10.2. The second-order valence-electron chi connectivity index (χ2n) is 4.78. The first-order chi connectivity index (χ1) is 11.0. The van der Waals surface area contributed by atoms with Crippen LogP contribution in [0.2, 0.25) is 0 Å². The van der Waals surface area contributed by atoms with E-state index in [0.29, 0.717) is 11.3 Å². The molecule has 122 valence electrons. The van der Waals surface area contributed by atoms with Gasteiger partial charge in [-0.1, -0.05) is 0 Å². The third kappa shape index (κ3) is 4.53. The standard InChI is InChI=1S/C16H17FN2O3S/c1-3-22-16(21)10(2)18-12-4-5-13(17)14(8-12)19-15(20)11-6-7-23-9-11/h4-10,18H,3H2,1-2H3,(H,19,20)/t10-/m0/s1. The summed E-state index contributed by atoms with van der Waals surface area (Å²) in [5.41, 5.74) is 1.02. The molecule has 1 amide bonds. The maximum absolute atomic E-state index is 13.9. The molecule has 1 heterocycles. The van der Waals surface area contributed by atoms with Crippen LogP contribution in [0.15, 0.2) is 35.0 Å². The number of thiophene rings is 1. The lowest BCUT2D eigenvalue weighted by molar-refractivity contribution is -0.143. The first kappa shape index (κ1) is 17.0. The van der Waals surface area contributed by atoms with Crippen LogP contribution in [0.4, 0.5) is 15.8 Å². The summed E-state index contributed by atoms with van der Waals surface area (Å²) in [6, 6.07) is 5.23. The Labute approximate surface area is 137 Å². The number of hydrogen-bond donors (Lipinski definition) is 2. The van der Waals surface area contributed by atoms with Gasteiger partial charge >= 0.3 is 5.97 Å². The molecule has 1 aromatic carbocycles. The Kier molecular flexibility index (Phi) is 5.70. The topological polar surface area (TPSA) is 67.4 Å². The maximum atomic E-state index is 13.9. The van der Waals surface area contributed by atoms with Gasteiger partial charge in [-0.15, -0.1) is 0 Å². The molecule has 0 aliphatic heterocycles. The van der Waals surface area contributed by atoms with E-state index in [1.807, 2.05) is 0 Å². The minimum Gasteiger partial charge on any atom is -0.464 e. The van der Waals surface area contributed by atoms with E-state index in [4.69, 9.17) is 4.74 Å². The molecule has 0 fully saturated rings. The molecule has 5 nitrogen and oxygen atoms in total. The molecule has 23 heavy (non-hydrogen) atoms. The van der Waals surface area contributed by atoms with Crippen LogP contribution in [0.3, 0.4) is 0 Å². The third-order valence-electron chi connectivity index (χ3n) is 3.02. The van der Waals surface area contributed by atoms with Crippen molar-refractivity contribution in [3.8, 4) is 0 Å². The van der Waals surface area contributed by atoms with Gasteiger partial charge in [-0.3, -0.25) is 4.79 Å². The highest BCUT2D eigenvalue weighted by molar-refractivity contribution is 7.08. The van der Waals surface area contributed by atoms with Crippen molar-refractivity contribution >= 4 is 34.6 Å². The Morgan fingerprint density at radius 2 is 2.13 bits per heavy atom. The second-order valence-corrected chi connectivity index (χ2v) is 5.56. The van der Waals surface area contributed by atoms with E-state index in [2.05, 4.69) is 10.6 Å². The average Bonchev–Trinajstić information content (AvgIpc) is 3.05. The monoisotopic (exact) mass is 336 g/mol. The van der Waals surface area contributed by atoms with Crippen molar-refractivity contribution < 1.29 is 18.7 Å². The Morgan fingerprint density at radius 1 is 1.35 bits per heavy atom. The van der Waals surface area contributed by atoms with Gasteiger partial charge in [-0.2, -0.15) is 11.3 Å². The number of nitrogens with one attached hydrogen (secondary N) is 2. The number of amides is 1. The van der Waals surface area contributed by atoms with Crippen LogP contribution in [0.25, 0.3) is 0 Å². The molecule has 2 rings (SSSR count). The van der Waals surface area contributed by atoms with Crippen LogP contribution in [-0.2, 0) is 9.53 Å². The summed E-state index contributed by atoms with van der Waals surface area (Å²) in [5, 5.41) is 8.88. The van der Waals surface area contributed by atoms with Crippen molar-refractivity contribution in [2.45, 2.75) is 19.9 Å². The van der Waals surface area contributed by atoms with Gasteiger partial charge in [0.15, 0.2) is 0 Å². The van der Waals surface area contributed by atoms with Crippen LogP contribution in [0.1, 0.15) is 24.2 Å². The van der Waals surface area contributed by atoms with Gasteiger partial charge in [-0.05, 0) is 43.5 Å². The van der Waals surface area contributed by atoms with Crippen LogP contribution in [0.5, 0.6) is 0 Å². The van der Waals surface area contributed by atoms with Crippen molar-refractivity contribution in [1.29, 1.82) is 0 Å². The number of halogens is 1. The van der Waals surface area contributed by atoms with E-state index in [-0.39, 0.29) is 18.2 Å². The van der Waals surface area contributed by atoms with Crippen molar-refractivity contribution in [1.82, 2.24) is 0 Å². The lowest BCUT2D eigenvalue weighted by Crippen LogP contribution is -2.28. The summed E-state index contributed by atoms with van der Waals surface area (Å²) in [6.45, 7) is 3.65.